The van der Waals surface area contributed by atoms with E-state index < -0.39 is 0 Å². The van der Waals surface area contributed by atoms with E-state index in [0.29, 0.717) is 24.5 Å². The van der Waals surface area contributed by atoms with Gasteiger partial charge in [-0.15, -0.1) is 0 Å². The summed E-state index contributed by atoms with van der Waals surface area (Å²) in [5.41, 5.74) is 7.16. The quantitative estimate of drug-likeness (QED) is 0.879. The normalized spacial score (nSPS) is 21.8. The molecule has 116 valence electrons. The minimum atomic E-state index is -0.210. The van der Waals surface area contributed by atoms with E-state index in [0.717, 1.165) is 16.5 Å². The van der Waals surface area contributed by atoms with Crippen molar-refractivity contribution in [3.8, 4) is 11.5 Å². The monoisotopic (exact) mass is 356 g/mol. The summed E-state index contributed by atoms with van der Waals surface area (Å²) in [6.07, 6.45) is 1.28. The van der Waals surface area contributed by atoms with E-state index in [1.54, 1.807) is 14.2 Å². The van der Waals surface area contributed by atoms with Gasteiger partial charge in [0.2, 0.25) is 5.91 Å². The molecule has 6 heteroatoms. The fourth-order valence-corrected chi connectivity index (χ4v) is 3.37. The minimum absolute atomic E-state index is 0.107. The van der Waals surface area contributed by atoms with Crippen LogP contribution in [0.25, 0.3) is 0 Å². The molecule has 1 aliphatic heterocycles. The first kappa shape index (κ1) is 16.1. The zero-order chi connectivity index (χ0) is 15.6. The van der Waals surface area contributed by atoms with Gasteiger partial charge >= 0.3 is 0 Å². The molecule has 0 bridgehead atoms. The summed E-state index contributed by atoms with van der Waals surface area (Å²) in [6.45, 7) is 2.76. The summed E-state index contributed by atoms with van der Waals surface area (Å²) in [7, 11) is 3.19. The third-order valence-corrected chi connectivity index (χ3v) is 4.44. The Morgan fingerprint density at radius 1 is 1.33 bits per heavy atom. The highest BCUT2D eigenvalue weighted by Crippen LogP contribution is 2.41. The molecular formula is C15H21BrN2O3. The number of nitrogens with two attached hydrogens (primary N) is 1. The second-order valence-corrected chi connectivity index (χ2v) is 5.98. The SMILES string of the molecule is CCCN1C(=O)CC(N)C1c1cc(OC)c(OC)cc1Br. The van der Waals surface area contributed by atoms with E-state index in [-0.39, 0.29) is 18.0 Å². The van der Waals surface area contributed by atoms with Gasteiger partial charge in [-0.1, -0.05) is 22.9 Å². The Balaban J connectivity index is 2.46. The Bertz CT molecular complexity index is 536. The van der Waals surface area contributed by atoms with Crippen LogP contribution in [-0.2, 0) is 4.79 Å². The molecule has 0 spiro atoms. The first-order valence-corrected chi connectivity index (χ1v) is 7.79. The van der Waals surface area contributed by atoms with Crippen molar-refractivity contribution in [2.24, 2.45) is 5.73 Å². The lowest BCUT2D eigenvalue weighted by Gasteiger charge is -2.28. The van der Waals surface area contributed by atoms with Gasteiger partial charge in [-0.3, -0.25) is 4.79 Å². The maximum absolute atomic E-state index is 12.1. The van der Waals surface area contributed by atoms with Crippen LogP contribution >= 0.6 is 15.9 Å². The number of carbonyl (C=O) groups excluding carboxylic acids is 1. The molecule has 0 aliphatic carbocycles. The predicted octanol–water partition coefficient (Wildman–Crippen LogP) is 2.48. The van der Waals surface area contributed by atoms with Gasteiger partial charge in [0.1, 0.15) is 0 Å². The van der Waals surface area contributed by atoms with Crippen LogP contribution < -0.4 is 15.2 Å². The zero-order valence-corrected chi connectivity index (χ0v) is 14.1. The molecule has 2 atom stereocenters. The van der Waals surface area contributed by atoms with Crippen LogP contribution in [0.3, 0.4) is 0 Å². The summed E-state index contributed by atoms with van der Waals surface area (Å²) in [5, 5.41) is 0. The van der Waals surface area contributed by atoms with Gasteiger partial charge in [-0.25, -0.2) is 0 Å². The van der Waals surface area contributed by atoms with Gasteiger partial charge in [-0.05, 0) is 24.1 Å². The summed E-state index contributed by atoms with van der Waals surface area (Å²) >= 11 is 3.56. The molecule has 1 heterocycles. The molecule has 1 saturated heterocycles. The fraction of sp³-hybridized carbons (Fsp3) is 0.533. The van der Waals surface area contributed by atoms with E-state index in [2.05, 4.69) is 22.9 Å². The van der Waals surface area contributed by atoms with Crippen molar-refractivity contribution in [1.29, 1.82) is 0 Å². The van der Waals surface area contributed by atoms with Crippen LogP contribution in [0, 0.1) is 0 Å². The number of hydrogen-bond donors (Lipinski definition) is 1. The number of benzene rings is 1. The average Bonchev–Trinajstić information content (AvgIpc) is 2.73. The van der Waals surface area contributed by atoms with E-state index in [1.165, 1.54) is 0 Å². The number of methoxy groups -OCH3 is 2. The topological polar surface area (TPSA) is 64.8 Å². The Hall–Kier alpha value is -1.27. The Labute approximate surface area is 133 Å². The second-order valence-electron chi connectivity index (χ2n) is 5.13. The molecule has 0 saturated carbocycles. The molecule has 2 unspecified atom stereocenters. The van der Waals surface area contributed by atoms with Crippen LogP contribution in [0.1, 0.15) is 31.4 Å². The predicted molar refractivity (Wildman–Crippen MR) is 84.6 cm³/mol. The molecule has 0 radical (unpaired) electrons. The molecular weight excluding hydrogens is 336 g/mol. The smallest absolute Gasteiger partial charge is 0.224 e. The Morgan fingerprint density at radius 3 is 2.52 bits per heavy atom. The highest BCUT2D eigenvalue weighted by molar-refractivity contribution is 9.10. The van der Waals surface area contributed by atoms with Crippen molar-refractivity contribution >= 4 is 21.8 Å². The highest BCUT2D eigenvalue weighted by atomic mass is 79.9. The lowest BCUT2D eigenvalue weighted by molar-refractivity contribution is -0.129. The van der Waals surface area contributed by atoms with Crippen molar-refractivity contribution in [3.05, 3.63) is 22.2 Å². The number of halogens is 1. The number of ether oxygens (including phenoxy) is 2. The Morgan fingerprint density at radius 2 is 1.95 bits per heavy atom. The molecule has 5 nitrogen and oxygen atoms in total. The maximum Gasteiger partial charge on any atom is 0.224 e. The lowest BCUT2D eigenvalue weighted by atomic mass is 10.00. The molecule has 2 N–H and O–H groups in total. The Kier molecular flexibility index (Phi) is 5.11. The van der Waals surface area contributed by atoms with Crippen LogP contribution in [-0.4, -0.2) is 37.6 Å². The lowest BCUT2D eigenvalue weighted by Crippen LogP contribution is -2.33. The van der Waals surface area contributed by atoms with Crippen molar-refractivity contribution in [3.63, 3.8) is 0 Å². The molecule has 0 aromatic heterocycles. The number of likely N-dealkylation sites (tertiary alicyclic amines) is 1. The first-order chi connectivity index (χ1) is 10.0. The molecule has 1 aromatic rings. The second kappa shape index (κ2) is 6.66. The average molecular weight is 357 g/mol. The van der Waals surface area contributed by atoms with E-state index >= 15 is 0 Å². The summed E-state index contributed by atoms with van der Waals surface area (Å²) < 4.78 is 11.5. The van der Waals surface area contributed by atoms with Crippen LogP contribution in [0.2, 0.25) is 0 Å². The maximum atomic E-state index is 12.1. The van der Waals surface area contributed by atoms with E-state index in [4.69, 9.17) is 15.2 Å². The molecule has 2 rings (SSSR count). The van der Waals surface area contributed by atoms with Gasteiger partial charge in [0.15, 0.2) is 11.5 Å². The van der Waals surface area contributed by atoms with E-state index in [1.807, 2.05) is 17.0 Å². The number of amides is 1. The van der Waals surface area contributed by atoms with Crippen LogP contribution in [0.5, 0.6) is 11.5 Å². The number of nitrogens with zero attached hydrogens (tertiary/aromatic N) is 1. The van der Waals surface area contributed by atoms with Crippen molar-refractivity contribution < 1.29 is 14.3 Å². The molecule has 1 fully saturated rings. The fourth-order valence-electron chi connectivity index (χ4n) is 2.82. The third-order valence-electron chi connectivity index (χ3n) is 3.76. The van der Waals surface area contributed by atoms with Crippen molar-refractivity contribution in [2.75, 3.05) is 20.8 Å². The van der Waals surface area contributed by atoms with Gasteiger partial charge in [0, 0.05) is 23.5 Å². The van der Waals surface area contributed by atoms with Crippen molar-refractivity contribution in [2.45, 2.75) is 31.8 Å². The largest absolute Gasteiger partial charge is 0.493 e. The van der Waals surface area contributed by atoms with Gasteiger partial charge < -0.3 is 20.1 Å². The standard InChI is InChI=1S/C15H21BrN2O3/c1-4-5-18-14(19)8-11(17)15(18)9-6-12(20-2)13(21-3)7-10(9)16/h6-7,11,15H,4-5,8,17H2,1-3H3. The summed E-state index contributed by atoms with van der Waals surface area (Å²) in [5.74, 6) is 1.39. The molecule has 1 amide bonds. The van der Waals surface area contributed by atoms with Gasteiger partial charge in [0.25, 0.3) is 0 Å². The minimum Gasteiger partial charge on any atom is -0.493 e. The third kappa shape index (κ3) is 3.01. The van der Waals surface area contributed by atoms with Gasteiger partial charge in [-0.2, -0.15) is 0 Å². The zero-order valence-electron chi connectivity index (χ0n) is 12.6. The van der Waals surface area contributed by atoms with Crippen LogP contribution in [0.15, 0.2) is 16.6 Å². The molecule has 1 aliphatic rings. The number of hydrogen-bond acceptors (Lipinski definition) is 4. The van der Waals surface area contributed by atoms with Gasteiger partial charge in [0.05, 0.1) is 20.3 Å². The van der Waals surface area contributed by atoms with E-state index in [9.17, 15) is 4.79 Å². The molecule has 21 heavy (non-hydrogen) atoms. The number of carbonyl (C=O) groups is 1. The summed E-state index contributed by atoms with van der Waals surface area (Å²) in [4.78, 5) is 14.0. The first-order valence-electron chi connectivity index (χ1n) is 6.99. The molecule has 1 aromatic carbocycles. The summed E-state index contributed by atoms with van der Waals surface area (Å²) in [6, 6.07) is 3.41. The highest BCUT2D eigenvalue weighted by Gasteiger charge is 2.39. The van der Waals surface area contributed by atoms with Crippen LogP contribution in [0.4, 0.5) is 0 Å². The number of rotatable bonds is 5. The van der Waals surface area contributed by atoms with Crippen molar-refractivity contribution in [1.82, 2.24) is 4.90 Å².